The number of aliphatic hydroxyl groups is 1. The molecule has 22 heavy (non-hydrogen) atoms. The molecule has 4 heteroatoms. The summed E-state index contributed by atoms with van der Waals surface area (Å²) in [6.07, 6.45) is -0.200. The van der Waals surface area contributed by atoms with Gasteiger partial charge in [-0.25, -0.2) is 4.39 Å². The van der Waals surface area contributed by atoms with Gasteiger partial charge in [0, 0.05) is 13.0 Å². The molecule has 2 N–H and O–H groups in total. The van der Waals surface area contributed by atoms with Crippen LogP contribution in [0.15, 0.2) is 54.6 Å². The van der Waals surface area contributed by atoms with E-state index >= 15 is 0 Å². The normalized spacial score (nSPS) is 13.4. The lowest BCUT2D eigenvalue weighted by Gasteiger charge is -2.16. The van der Waals surface area contributed by atoms with Gasteiger partial charge >= 0.3 is 0 Å². The molecular formula is C18H20FNO2. The summed E-state index contributed by atoms with van der Waals surface area (Å²) < 4.78 is 13.7. The van der Waals surface area contributed by atoms with Crippen molar-refractivity contribution in [2.45, 2.75) is 25.4 Å². The summed E-state index contributed by atoms with van der Waals surface area (Å²) in [5, 5.41) is 12.6. The molecule has 0 aromatic heterocycles. The van der Waals surface area contributed by atoms with Gasteiger partial charge in [0.2, 0.25) is 5.91 Å². The van der Waals surface area contributed by atoms with Gasteiger partial charge in [0.15, 0.2) is 0 Å². The predicted molar refractivity (Wildman–Crippen MR) is 84.0 cm³/mol. The molecule has 1 amide bonds. The maximum Gasteiger partial charge on any atom is 0.227 e. The van der Waals surface area contributed by atoms with Crippen LogP contribution in [0.1, 0.15) is 24.0 Å². The molecular weight excluding hydrogens is 281 g/mol. The van der Waals surface area contributed by atoms with Crippen LogP contribution in [0.25, 0.3) is 0 Å². The highest BCUT2D eigenvalue weighted by molar-refractivity contribution is 5.83. The molecule has 2 atom stereocenters. The first-order valence-electron chi connectivity index (χ1n) is 7.32. The van der Waals surface area contributed by atoms with Crippen molar-refractivity contribution in [2.24, 2.45) is 0 Å². The number of rotatable bonds is 6. The number of halogens is 1. The Hall–Kier alpha value is -2.20. The Kier molecular flexibility index (Phi) is 5.67. The van der Waals surface area contributed by atoms with Crippen LogP contribution in [0.2, 0.25) is 0 Å². The Morgan fingerprint density at radius 3 is 2.45 bits per heavy atom. The highest BCUT2D eigenvalue weighted by Crippen LogP contribution is 2.18. The van der Waals surface area contributed by atoms with Crippen LogP contribution in [0.5, 0.6) is 0 Å². The van der Waals surface area contributed by atoms with E-state index in [0.29, 0.717) is 12.0 Å². The maximum atomic E-state index is 13.7. The molecule has 2 rings (SSSR count). The van der Waals surface area contributed by atoms with Crippen molar-refractivity contribution in [1.82, 2.24) is 5.32 Å². The fraction of sp³-hybridized carbons (Fsp3) is 0.278. The Morgan fingerprint density at radius 1 is 1.14 bits per heavy atom. The van der Waals surface area contributed by atoms with Crippen LogP contribution in [0.3, 0.4) is 0 Å². The van der Waals surface area contributed by atoms with Gasteiger partial charge in [-0.15, -0.1) is 0 Å². The third-order valence-electron chi connectivity index (χ3n) is 3.59. The molecule has 2 aromatic rings. The molecule has 0 saturated carbocycles. The molecule has 0 radical (unpaired) electrons. The van der Waals surface area contributed by atoms with E-state index in [4.69, 9.17) is 0 Å². The van der Waals surface area contributed by atoms with Crippen molar-refractivity contribution in [3.8, 4) is 0 Å². The minimum Gasteiger partial charge on any atom is -0.391 e. The number of amides is 1. The number of nitrogens with one attached hydrogen (secondary N) is 1. The Morgan fingerprint density at radius 2 is 1.77 bits per heavy atom. The van der Waals surface area contributed by atoms with Gasteiger partial charge in [-0.1, -0.05) is 48.5 Å². The summed E-state index contributed by atoms with van der Waals surface area (Å²) in [6.45, 7) is 1.80. The molecule has 2 aromatic carbocycles. The lowest BCUT2D eigenvalue weighted by Crippen LogP contribution is -2.35. The second-order valence-corrected chi connectivity index (χ2v) is 5.33. The summed E-state index contributed by atoms with van der Waals surface area (Å²) >= 11 is 0. The lowest BCUT2D eigenvalue weighted by atomic mass is 9.99. The zero-order valence-electron chi connectivity index (χ0n) is 12.5. The molecule has 2 unspecified atom stereocenters. The molecule has 0 bridgehead atoms. The molecule has 0 saturated heterocycles. The van der Waals surface area contributed by atoms with Crippen molar-refractivity contribution >= 4 is 5.91 Å². The van der Waals surface area contributed by atoms with E-state index in [2.05, 4.69) is 5.32 Å². The van der Waals surface area contributed by atoms with Gasteiger partial charge in [0.1, 0.15) is 5.82 Å². The number of hydrogen-bond acceptors (Lipinski definition) is 2. The number of hydrogen-bond donors (Lipinski definition) is 2. The highest BCUT2D eigenvalue weighted by atomic mass is 19.1. The summed E-state index contributed by atoms with van der Waals surface area (Å²) in [5.41, 5.74) is 1.36. The van der Waals surface area contributed by atoms with E-state index in [0.717, 1.165) is 5.56 Å². The van der Waals surface area contributed by atoms with Crippen LogP contribution in [0, 0.1) is 5.82 Å². The third kappa shape index (κ3) is 4.40. The third-order valence-corrected chi connectivity index (χ3v) is 3.59. The van der Waals surface area contributed by atoms with Crippen LogP contribution in [-0.4, -0.2) is 23.7 Å². The fourth-order valence-electron chi connectivity index (χ4n) is 2.30. The van der Waals surface area contributed by atoms with Gasteiger partial charge in [-0.05, 0) is 24.1 Å². The van der Waals surface area contributed by atoms with Crippen molar-refractivity contribution in [3.63, 3.8) is 0 Å². The first-order valence-corrected chi connectivity index (χ1v) is 7.32. The Bertz CT molecular complexity index is 615. The summed E-state index contributed by atoms with van der Waals surface area (Å²) in [4.78, 5) is 12.1. The highest BCUT2D eigenvalue weighted by Gasteiger charge is 2.19. The monoisotopic (exact) mass is 301 g/mol. The second kappa shape index (κ2) is 7.71. The maximum absolute atomic E-state index is 13.7. The van der Waals surface area contributed by atoms with E-state index < -0.39 is 17.8 Å². The molecule has 0 fully saturated rings. The van der Waals surface area contributed by atoms with Crippen LogP contribution in [-0.2, 0) is 11.2 Å². The van der Waals surface area contributed by atoms with E-state index in [-0.39, 0.29) is 12.5 Å². The smallest absolute Gasteiger partial charge is 0.227 e. The van der Waals surface area contributed by atoms with Crippen LogP contribution in [0.4, 0.5) is 4.39 Å². The quantitative estimate of drug-likeness (QED) is 0.862. The predicted octanol–water partition coefficient (Wildman–Crippen LogP) is 2.65. The minimum absolute atomic E-state index is 0.145. The number of carbonyl (C=O) groups excluding carboxylic acids is 1. The minimum atomic E-state index is -0.667. The SMILES string of the molecule is CC(C(=O)NCC(O)Cc1ccccc1)c1ccccc1F. The molecule has 0 aliphatic heterocycles. The zero-order chi connectivity index (χ0) is 15.9. The lowest BCUT2D eigenvalue weighted by molar-refractivity contribution is -0.122. The van der Waals surface area contributed by atoms with Gasteiger partial charge < -0.3 is 10.4 Å². The van der Waals surface area contributed by atoms with E-state index in [1.54, 1.807) is 25.1 Å². The molecule has 0 heterocycles. The van der Waals surface area contributed by atoms with E-state index in [1.165, 1.54) is 6.07 Å². The van der Waals surface area contributed by atoms with Crippen molar-refractivity contribution < 1.29 is 14.3 Å². The fourth-order valence-corrected chi connectivity index (χ4v) is 2.30. The molecule has 3 nitrogen and oxygen atoms in total. The summed E-state index contributed by atoms with van der Waals surface area (Å²) in [7, 11) is 0. The van der Waals surface area contributed by atoms with Gasteiger partial charge in [0.25, 0.3) is 0 Å². The molecule has 116 valence electrons. The van der Waals surface area contributed by atoms with Crippen molar-refractivity contribution in [2.75, 3.05) is 6.54 Å². The average molecular weight is 301 g/mol. The first kappa shape index (κ1) is 16.2. The van der Waals surface area contributed by atoms with E-state index in [9.17, 15) is 14.3 Å². The molecule has 0 aliphatic carbocycles. The standard InChI is InChI=1S/C18H20FNO2/c1-13(16-9-5-6-10-17(16)19)18(22)20-12-15(21)11-14-7-3-2-4-8-14/h2-10,13,15,21H,11-12H2,1H3,(H,20,22). The van der Waals surface area contributed by atoms with Crippen molar-refractivity contribution in [1.29, 1.82) is 0 Å². The summed E-state index contributed by atoms with van der Waals surface area (Å²) in [6, 6.07) is 15.8. The Balaban J connectivity index is 1.86. The molecule has 0 aliphatic rings. The van der Waals surface area contributed by atoms with Gasteiger partial charge in [-0.2, -0.15) is 0 Å². The Labute approximate surface area is 129 Å². The van der Waals surface area contributed by atoms with Gasteiger partial charge in [-0.3, -0.25) is 4.79 Å². The average Bonchev–Trinajstić information content (AvgIpc) is 2.53. The number of aliphatic hydroxyl groups excluding tert-OH is 1. The zero-order valence-corrected chi connectivity index (χ0v) is 12.5. The van der Waals surface area contributed by atoms with Crippen molar-refractivity contribution in [3.05, 3.63) is 71.5 Å². The second-order valence-electron chi connectivity index (χ2n) is 5.33. The van der Waals surface area contributed by atoms with Crippen LogP contribution >= 0.6 is 0 Å². The number of benzene rings is 2. The number of carbonyl (C=O) groups is 1. The van der Waals surface area contributed by atoms with Crippen LogP contribution < -0.4 is 5.32 Å². The topological polar surface area (TPSA) is 49.3 Å². The summed E-state index contributed by atoms with van der Waals surface area (Å²) in [5.74, 6) is -1.28. The van der Waals surface area contributed by atoms with E-state index in [1.807, 2.05) is 30.3 Å². The largest absolute Gasteiger partial charge is 0.391 e. The first-order chi connectivity index (χ1) is 10.6. The molecule has 0 spiro atoms. The van der Waals surface area contributed by atoms with Gasteiger partial charge in [0.05, 0.1) is 12.0 Å².